The van der Waals surface area contributed by atoms with Crippen LogP contribution >= 0.6 is 0 Å². The van der Waals surface area contributed by atoms with E-state index in [4.69, 9.17) is 10.9 Å². The van der Waals surface area contributed by atoms with Crippen LogP contribution in [0.25, 0.3) is 0 Å². The molecule has 0 unspecified atom stereocenters. The van der Waals surface area contributed by atoms with Crippen LogP contribution in [0.1, 0.15) is 38.5 Å². The first-order valence-electron chi connectivity index (χ1n) is 5.28. The fourth-order valence-corrected chi connectivity index (χ4v) is 4.18. The van der Waals surface area contributed by atoms with Gasteiger partial charge >= 0.3 is 0 Å². The van der Waals surface area contributed by atoms with Crippen molar-refractivity contribution in [3.63, 3.8) is 0 Å². The lowest BCUT2D eigenvalue weighted by Gasteiger charge is -2.55. The summed E-state index contributed by atoms with van der Waals surface area (Å²) >= 11 is 0. The highest BCUT2D eigenvalue weighted by Crippen LogP contribution is 2.54. The van der Waals surface area contributed by atoms with Crippen LogP contribution in [0.4, 0.5) is 0 Å². The molecule has 4 fully saturated rings. The van der Waals surface area contributed by atoms with Crippen molar-refractivity contribution in [3.8, 4) is 0 Å². The molecule has 0 radical (unpaired) electrons. The summed E-state index contributed by atoms with van der Waals surface area (Å²) < 4.78 is 0. The Morgan fingerprint density at radius 1 is 0.846 bits per heavy atom. The second-order valence-corrected chi connectivity index (χ2v) is 5.28. The van der Waals surface area contributed by atoms with Crippen molar-refractivity contribution in [1.29, 1.82) is 0 Å². The Hall–Kier alpha value is -0.120. The molecule has 4 rings (SSSR count). The average molecular weight is 184 g/mol. The van der Waals surface area contributed by atoms with Gasteiger partial charge in [-0.05, 0) is 56.3 Å². The van der Waals surface area contributed by atoms with Gasteiger partial charge in [0.05, 0.1) is 0 Å². The molecule has 4 aliphatic rings. The normalized spacial score (nSPS) is 51.5. The van der Waals surface area contributed by atoms with E-state index in [1.807, 2.05) is 0 Å². The third-order valence-electron chi connectivity index (χ3n) is 4.09. The van der Waals surface area contributed by atoms with Gasteiger partial charge in [-0.2, -0.15) is 0 Å². The summed E-state index contributed by atoms with van der Waals surface area (Å²) in [5, 5.41) is 6.50. The maximum Gasteiger partial charge on any atom is 0.0162 e. The molecule has 4 saturated carbocycles. The fourth-order valence-electron chi connectivity index (χ4n) is 4.18. The van der Waals surface area contributed by atoms with Crippen molar-refractivity contribution in [1.82, 2.24) is 0 Å². The first kappa shape index (κ1) is 9.44. The molecule has 0 aromatic carbocycles. The fraction of sp³-hybridized carbons (Fsp3) is 1.00. The van der Waals surface area contributed by atoms with E-state index in [9.17, 15) is 0 Å². The summed E-state index contributed by atoms with van der Waals surface area (Å²) in [7, 11) is 0. The maximum absolute atomic E-state index is 6.50. The molecule has 0 atom stereocenters. The predicted octanol–water partition coefficient (Wildman–Crippen LogP) is 1.25. The molecule has 76 valence electrons. The van der Waals surface area contributed by atoms with Crippen LogP contribution < -0.4 is 11.6 Å². The van der Waals surface area contributed by atoms with E-state index >= 15 is 0 Å². The van der Waals surface area contributed by atoms with E-state index < -0.39 is 0 Å². The van der Waals surface area contributed by atoms with Crippen LogP contribution in [0.2, 0.25) is 0 Å². The van der Waals surface area contributed by atoms with Gasteiger partial charge in [0, 0.05) is 5.54 Å². The van der Waals surface area contributed by atoms with Crippen molar-refractivity contribution in [3.05, 3.63) is 0 Å². The Labute approximate surface area is 79.4 Å². The molecule has 4 aliphatic carbocycles. The summed E-state index contributed by atoms with van der Waals surface area (Å²) in [4.78, 5) is 0. The molecule has 13 heavy (non-hydrogen) atoms. The molecular weight excluding hydrogens is 164 g/mol. The van der Waals surface area contributed by atoms with Gasteiger partial charge in [0.15, 0.2) is 0 Å². The second kappa shape index (κ2) is 3.23. The SMILES string of the molecule is NC12CC3CC(CC(C3)C1)C2.NO. The van der Waals surface area contributed by atoms with E-state index in [0.717, 1.165) is 17.8 Å². The zero-order valence-electron chi connectivity index (χ0n) is 8.08. The van der Waals surface area contributed by atoms with Gasteiger partial charge in [0.2, 0.25) is 0 Å². The van der Waals surface area contributed by atoms with Gasteiger partial charge in [-0.3, -0.25) is 0 Å². The number of rotatable bonds is 0. The van der Waals surface area contributed by atoms with E-state index in [0.29, 0.717) is 5.54 Å². The molecule has 0 amide bonds. The lowest BCUT2D eigenvalue weighted by atomic mass is 9.53. The number of hydrogen-bond donors (Lipinski definition) is 3. The Morgan fingerprint density at radius 2 is 1.15 bits per heavy atom. The average Bonchev–Trinajstić information content (AvgIpc) is 2.02. The minimum absolute atomic E-state index is 0.300. The van der Waals surface area contributed by atoms with Gasteiger partial charge < -0.3 is 10.9 Å². The van der Waals surface area contributed by atoms with Crippen molar-refractivity contribution in [2.24, 2.45) is 29.4 Å². The van der Waals surface area contributed by atoms with Crippen LogP contribution in [-0.2, 0) is 0 Å². The zero-order chi connectivity index (χ0) is 9.47. The van der Waals surface area contributed by atoms with Crippen LogP contribution in [0, 0.1) is 17.8 Å². The highest BCUT2D eigenvalue weighted by atomic mass is 16.4. The summed E-state index contributed by atoms with van der Waals surface area (Å²) in [6.07, 6.45) is 8.57. The van der Waals surface area contributed by atoms with Gasteiger partial charge in [-0.15, -0.1) is 0 Å². The Bertz CT molecular complexity index is 158. The first-order chi connectivity index (χ1) is 6.23. The molecule has 0 aliphatic heterocycles. The minimum Gasteiger partial charge on any atom is -0.325 e. The topological polar surface area (TPSA) is 72.3 Å². The standard InChI is InChI=1S/C10H17N.H3NO/c11-10-4-7-1-8(5-10)3-9(2-7)6-10;1-2/h7-9H,1-6,11H2;2H,1H2. The molecule has 0 saturated heterocycles. The molecule has 3 nitrogen and oxygen atoms in total. The van der Waals surface area contributed by atoms with Crippen molar-refractivity contribution in [2.75, 3.05) is 0 Å². The molecule has 3 heteroatoms. The van der Waals surface area contributed by atoms with Gasteiger partial charge in [-0.1, -0.05) is 0 Å². The minimum atomic E-state index is 0.300. The van der Waals surface area contributed by atoms with Gasteiger partial charge in [0.25, 0.3) is 0 Å². The number of nitrogens with two attached hydrogens (primary N) is 2. The Kier molecular flexibility index (Phi) is 2.34. The van der Waals surface area contributed by atoms with Crippen LogP contribution in [0.3, 0.4) is 0 Å². The summed E-state index contributed by atoms with van der Waals surface area (Å²) in [6.45, 7) is 0. The highest BCUT2D eigenvalue weighted by Gasteiger charge is 2.48. The lowest BCUT2D eigenvalue weighted by molar-refractivity contribution is 0.000365. The lowest BCUT2D eigenvalue weighted by Crippen LogP contribution is -2.55. The summed E-state index contributed by atoms with van der Waals surface area (Å²) in [6, 6.07) is 0. The first-order valence-corrected chi connectivity index (χ1v) is 5.28. The van der Waals surface area contributed by atoms with E-state index in [1.54, 1.807) is 0 Å². The highest BCUT2D eigenvalue weighted by molar-refractivity contribution is 5.04. The smallest absolute Gasteiger partial charge is 0.0162 e. The van der Waals surface area contributed by atoms with Crippen LogP contribution in [0.5, 0.6) is 0 Å². The second-order valence-electron chi connectivity index (χ2n) is 5.28. The molecule has 5 N–H and O–H groups in total. The van der Waals surface area contributed by atoms with Crippen molar-refractivity contribution < 1.29 is 5.21 Å². The maximum atomic E-state index is 6.50. The monoisotopic (exact) mass is 184 g/mol. The third kappa shape index (κ3) is 1.60. The predicted molar refractivity (Wildman–Crippen MR) is 51.1 cm³/mol. The zero-order valence-corrected chi connectivity index (χ0v) is 8.08. The molecule has 0 aromatic heterocycles. The van der Waals surface area contributed by atoms with Crippen LogP contribution in [0.15, 0.2) is 0 Å². The van der Waals surface area contributed by atoms with E-state index in [-0.39, 0.29) is 0 Å². The third-order valence-corrected chi connectivity index (χ3v) is 4.09. The molecule has 0 spiro atoms. The molecular formula is C10H20N2O. The Balaban J connectivity index is 0.000000308. The van der Waals surface area contributed by atoms with Crippen LogP contribution in [-0.4, -0.2) is 10.7 Å². The van der Waals surface area contributed by atoms with Crippen molar-refractivity contribution in [2.45, 2.75) is 44.1 Å². The van der Waals surface area contributed by atoms with Crippen molar-refractivity contribution >= 4 is 0 Å². The summed E-state index contributed by atoms with van der Waals surface area (Å²) in [5.74, 6) is 6.56. The Morgan fingerprint density at radius 3 is 1.38 bits per heavy atom. The van der Waals surface area contributed by atoms with E-state index in [2.05, 4.69) is 5.90 Å². The number of hydrogen-bond acceptors (Lipinski definition) is 3. The summed E-state index contributed by atoms with van der Waals surface area (Å²) in [5.41, 5.74) is 6.62. The quantitative estimate of drug-likeness (QED) is 0.496. The van der Waals surface area contributed by atoms with Gasteiger partial charge in [-0.25, -0.2) is 5.90 Å². The van der Waals surface area contributed by atoms with E-state index in [1.165, 1.54) is 38.5 Å². The molecule has 0 heterocycles. The largest absolute Gasteiger partial charge is 0.325 e. The molecule has 4 bridgehead atoms. The van der Waals surface area contributed by atoms with Gasteiger partial charge in [0.1, 0.15) is 0 Å². The molecule has 0 aromatic rings.